The molecule has 0 saturated carbocycles. The van der Waals surface area contributed by atoms with E-state index in [0.717, 1.165) is 12.3 Å². The maximum Gasteiger partial charge on any atom is 0.122 e. The fraction of sp³-hybridized carbons (Fsp3) is 0.455. The third kappa shape index (κ3) is 2.81. The van der Waals surface area contributed by atoms with Crippen molar-refractivity contribution >= 4 is 18.1 Å². The summed E-state index contributed by atoms with van der Waals surface area (Å²) in [6, 6.07) is 4.19. The zero-order valence-electron chi connectivity index (χ0n) is 9.18. The van der Waals surface area contributed by atoms with E-state index in [-0.39, 0.29) is 12.4 Å². The van der Waals surface area contributed by atoms with Crippen LogP contribution in [0, 0.1) is 13.8 Å². The highest BCUT2D eigenvalue weighted by Gasteiger charge is 2.02. The summed E-state index contributed by atoms with van der Waals surface area (Å²) >= 11 is 0. The average molecular weight is 216 g/mol. The molecule has 0 bridgehead atoms. The fourth-order valence-electron chi connectivity index (χ4n) is 1.39. The molecule has 0 fully saturated rings. The van der Waals surface area contributed by atoms with Crippen molar-refractivity contribution in [1.82, 2.24) is 0 Å². The third-order valence-electron chi connectivity index (χ3n) is 2.11. The highest BCUT2D eigenvalue weighted by atomic mass is 35.5. The third-order valence-corrected chi connectivity index (χ3v) is 2.11. The quantitative estimate of drug-likeness (QED) is 0.837. The van der Waals surface area contributed by atoms with Crippen molar-refractivity contribution in [3.8, 4) is 5.75 Å². The Morgan fingerprint density at radius 1 is 1.21 bits per heavy atom. The van der Waals surface area contributed by atoms with Gasteiger partial charge in [-0.25, -0.2) is 0 Å². The van der Waals surface area contributed by atoms with E-state index in [0.29, 0.717) is 0 Å². The number of anilines is 1. The lowest BCUT2D eigenvalue weighted by Gasteiger charge is -2.11. The van der Waals surface area contributed by atoms with E-state index in [9.17, 15) is 0 Å². The molecule has 1 aromatic rings. The van der Waals surface area contributed by atoms with Gasteiger partial charge in [0.25, 0.3) is 0 Å². The van der Waals surface area contributed by atoms with Crippen molar-refractivity contribution in [2.24, 2.45) is 0 Å². The van der Waals surface area contributed by atoms with E-state index in [2.05, 4.69) is 38.2 Å². The predicted octanol–water partition coefficient (Wildman–Crippen LogP) is 3.17. The van der Waals surface area contributed by atoms with Crippen LogP contribution in [0.1, 0.15) is 18.1 Å². The lowest BCUT2D eigenvalue weighted by molar-refractivity contribution is 0.411. The minimum atomic E-state index is 0. The first kappa shape index (κ1) is 13.1. The lowest BCUT2D eigenvalue weighted by Crippen LogP contribution is -2.00. The molecule has 1 rings (SSSR count). The largest absolute Gasteiger partial charge is 0.496 e. The van der Waals surface area contributed by atoms with Crippen molar-refractivity contribution in [2.75, 3.05) is 19.0 Å². The highest BCUT2D eigenvalue weighted by molar-refractivity contribution is 5.85. The lowest BCUT2D eigenvalue weighted by atomic mass is 10.1. The van der Waals surface area contributed by atoms with E-state index in [1.54, 1.807) is 7.11 Å². The second-order valence-electron chi connectivity index (χ2n) is 3.17. The van der Waals surface area contributed by atoms with Crippen LogP contribution in [0.3, 0.4) is 0 Å². The maximum atomic E-state index is 5.23. The van der Waals surface area contributed by atoms with Crippen molar-refractivity contribution in [3.63, 3.8) is 0 Å². The summed E-state index contributed by atoms with van der Waals surface area (Å²) < 4.78 is 5.23. The minimum absolute atomic E-state index is 0. The van der Waals surface area contributed by atoms with Crippen LogP contribution in [-0.4, -0.2) is 13.7 Å². The number of nitrogens with one attached hydrogen (secondary N) is 1. The van der Waals surface area contributed by atoms with Crippen molar-refractivity contribution in [3.05, 3.63) is 23.3 Å². The highest BCUT2D eigenvalue weighted by Crippen LogP contribution is 2.25. The number of hydrogen-bond acceptors (Lipinski definition) is 2. The van der Waals surface area contributed by atoms with Gasteiger partial charge in [0.1, 0.15) is 5.75 Å². The molecule has 0 atom stereocenters. The maximum absolute atomic E-state index is 5.23. The first-order valence-corrected chi connectivity index (χ1v) is 4.58. The molecule has 0 aliphatic rings. The van der Waals surface area contributed by atoms with Crippen LogP contribution >= 0.6 is 12.4 Å². The Kier molecular flexibility index (Phi) is 5.39. The fourth-order valence-corrected chi connectivity index (χ4v) is 1.39. The zero-order valence-corrected chi connectivity index (χ0v) is 9.99. The van der Waals surface area contributed by atoms with Gasteiger partial charge in [0, 0.05) is 12.2 Å². The Labute approximate surface area is 92.1 Å². The van der Waals surface area contributed by atoms with Crippen LogP contribution in [-0.2, 0) is 0 Å². The van der Waals surface area contributed by atoms with Gasteiger partial charge in [0.15, 0.2) is 0 Å². The molecule has 0 aliphatic heterocycles. The number of hydrogen-bond donors (Lipinski definition) is 1. The molecule has 0 unspecified atom stereocenters. The Morgan fingerprint density at radius 3 is 2.36 bits per heavy atom. The van der Waals surface area contributed by atoms with Crippen LogP contribution in [0.2, 0.25) is 0 Å². The summed E-state index contributed by atoms with van der Waals surface area (Å²) in [5, 5.41) is 3.31. The van der Waals surface area contributed by atoms with Crippen molar-refractivity contribution in [2.45, 2.75) is 20.8 Å². The van der Waals surface area contributed by atoms with E-state index in [1.807, 2.05) is 0 Å². The predicted molar refractivity (Wildman–Crippen MR) is 63.9 cm³/mol. The Balaban J connectivity index is 0.00000169. The number of benzene rings is 1. The molecule has 1 aromatic carbocycles. The number of ether oxygens (including phenoxy) is 1. The first-order valence-electron chi connectivity index (χ1n) is 4.58. The van der Waals surface area contributed by atoms with Crippen LogP contribution < -0.4 is 10.1 Å². The molecule has 0 heterocycles. The number of rotatable bonds is 3. The second kappa shape index (κ2) is 5.76. The molecule has 3 heteroatoms. The summed E-state index contributed by atoms with van der Waals surface area (Å²) in [4.78, 5) is 0. The minimum Gasteiger partial charge on any atom is -0.496 e. The summed E-state index contributed by atoms with van der Waals surface area (Å²) in [7, 11) is 1.70. The van der Waals surface area contributed by atoms with Crippen LogP contribution in [0.5, 0.6) is 5.75 Å². The Morgan fingerprint density at radius 2 is 1.86 bits per heavy atom. The monoisotopic (exact) mass is 215 g/mol. The molecule has 80 valence electrons. The number of halogens is 1. The summed E-state index contributed by atoms with van der Waals surface area (Å²) in [5.41, 5.74) is 3.59. The second-order valence-corrected chi connectivity index (χ2v) is 3.17. The molecule has 0 spiro atoms. The van der Waals surface area contributed by atoms with Crippen molar-refractivity contribution < 1.29 is 4.74 Å². The van der Waals surface area contributed by atoms with Gasteiger partial charge in [-0.15, -0.1) is 12.4 Å². The van der Waals surface area contributed by atoms with Gasteiger partial charge in [-0.1, -0.05) is 0 Å². The van der Waals surface area contributed by atoms with Gasteiger partial charge < -0.3 is 10.1 Å². The van der Waals surface area contributed by atoms with Crippen LogP contribution in [0.4, 0.5) is 5.69 Å². The molecular formula is C11H18ClNO. The molecule has 2 nitrogen and oxygen atoms in total. The van der Waals surface area contributed by atoms with E-state index in [4.69, 9.17) is 4.74 Å². The molecular weight excluding hydrogens is 198 g/mol. The molecule has 1 N–H and O–H groups in total. The topological polar surface area (TPSA) is 21.3 Å². The van der Waals surface area contributed by atoms with Gasteiger partial charge >= 0.3 is 0 Å². The molecule has 0 aromatic heterocycles. The summed E-state index contributed by atoms with van der Waals surface area (Å²) in [6.45, 7) is 7.19. The van der Waals surface area contributed by atoms with Gasteiger partial charge in [-0.05, 0) is 44.0 Å². The first-order chi connectivity index (χ1) is 6.19. The molecule has 0 radical (unpaired) electrons. The summed E-state index contributed by atoms with van der Waals surface area (Å²) in [6.07, 6.45) is 0. The number of methoxy groups -OCH3 is 1. The van der Waals surface area contributed by atoms with Gasteiger partial charge in [-0.3, -0.25) is 0 Å². The Bertz CT molecular complexity index is 300. The van der Waals surface area contributed by atoms with Gasteiger partial charge in [0.05, 0.1) is 7.11 Å². The van der Waals surface area contributed by atoms with E-state index < -0.39 is 0 Å². The smallest absolute Gasteiger partial charge is 0.122 e. The Hall–Kier alpha value is -0.890. The van der Waals surface area contributed by atoms with E-state index >= 15 is 0 Å². The SMILES string of the molecule is CCNc1cc(C)c(OC)cc1C.Cl. The molecule has 0 aliphatic carbocycles. The van der Waals surface area contributed by atoms with E-state index in [1.165, 1.54) is 16.8 Å². The van der Waals surface area contributed by atoms with Gasteiger partial charge in [0.2, 0.25) is 0 Å². The summed E-state index contributed by atoms with van der Waals surface area (Å²) in [5.74, 6) is 0.958. The average Bonchev–Trinajstić information content (AvgIpc) is 2.11. The zero-order chi connectivity index (χ0) is 9.84. The van der Waals surface area contributed by atoms with Crippen molar-refractivity contribution in [1.29, 1.82) is 0 Å². The normalized spacial score (nSPS) is 9.14. The molecule has 0 amide bonds. The number of aryl methyl sites for hydroxylation is 2. The van der Waals surface area contributed by atoms with Crippen LogP contribution in [0.25, 0.3) is 0 Å². The standard InChI is InChI=1S/C11H17NO.ClH/c1-5-12-10-6-9(3)11(13-4)7-8(10)2;/h6-7,12H,5H2,1-4H3;1H. The van der Waals surface area contributed by atoms with Crippen LogP contribution in [0.15, 0.2) is 12.1 Å². The molecule has 14 heavy (non-hydrogen) atoms. The van der Waals surface area contributed by atoms with Gasteiger partial charge in [-0.2, -0.15) is 0 Å². The molecule has 0 saturated heterocycles.